The van der Waals surface area contributed by atoms with E-state index in [1.807, 2.05) is 49.4 Å². The van der Waals surface area contributed by atoms with Crippen molar-refractivity contribution in [1.82, 2.24) is 4.98 Å². The minimum atomic E-state index is 0.476. The molecule has 0 saturated heterocycles. The second kappa shape index (κ2) is 7.12. The second-order valence-corrected chi connectivity index (χ2v) is 6.49. The number of benzene rings is 2. The van der Waals surface area contributed by atoms with E-state index in [1.165, 1.54) is 11.3 Å². The Morgan fingerprint density at radius 3 is 2.70 bits per heavy atom. The number of para-hydroxylation sites is 1. The van der Waals surface area contributed by atoms with Gasteiger partial charge >= 0.3 is 0 Å². The number of fused-ring (bicyclic) bond motifs is 1. The Labute approximate surface area is 148 Å². The summed E-state index contributed by atoms with van der Waals surface area (Å²) >= 11 is 13.0. The zero-order chi connectivity index (χ0) is 16.2. The van der Waals surface area contributed by atoms with Crippen molar-refractivity contribution in [1.29, 1.82) is 0 Å². The van der Waals surface area contributed by atoms with E-state index in [2.05, 4.69) is 15.6 Å². The molecule has 0 aliphatic carbocycles. The van der Waals surface area contributed by atoms with E-state index >= 15 is 0 Å². The van der Waals surface area contributed by atoms with E-state index in [9.17, 15) is 0 Å². The van der Waals surface area contributed by atoms with Crippen LogP contribution in [0.4, 0.5) is 10.8 Å². The molecule has 0 fully saturated rings. The van der Waals surface area contributed by atoms with Gasteiger partial charge in [-0.05, 0) is 55.5 Å². The highest BCUT2D eigenvalue weighted by Gasteiger charge is 2.08. The Morgan fingerprint density at radius 2 is 2.00 bits per heavy atom. The molecule has 7 heteroatoms. The van der Waals surface area contributed by atoms with Crippen LogP contribution in [-0.4, -0.2) is 16.7 Å². The van der Waals surface area contributed by atoms with Crippen molar-refractivity contribution in [2.75, 3.05) is 17.2 Å². The Bertz CT molecular complexity index is 833. The number of hydrogen-bond donors (Lipinski definition) is 2. The summed E-state index contributed by atoms with van der Waals surface area (Å²) in [5, 5.41) is 8.02. The number of nitrogens with one attached hydrogen (secondary N) is 2. The van der Waals surface area contributed by atoms with Crippen LogP contribution in [0.1, 0.15) is 6.92 Å². The van der Waals surface area contributed by atoms with Gasteiger partial charge < -0.3 is 15.4 Å². The first-order valence-electron chi connectivity index (χ1n) is 7.01. The van der Waals surface area contributed by atoms with Gasteiger partial charge in [0.2, 0.25) is 0 Å². The SMILES string of the molecule is CCOc1ccc(NC(=S)Nc2nc3c(Cl)cccc3s2)cc1. The molecule has 23 heavy (non-hydrogen) atoms. The average Bonchev–Trinajstić information content (AvgIpc) is 2.93. The molecule has 2 N–H and O–H groups in total. The van der Waals surface area contributed by atoms with Gasteiger partial charge in [0.05, 0.1) is 16.3 Å². The van der Waals surface area contributed by atoms with Crippen molar-refractivity contribution in [3.05, 3.63) is 47.5 Å². The highest BCUT2D eigenvalue weighted by atomic mass is 35.5. The lowest BCUT2D eigenvalue weighted by Gasteiger charge is -2.09. The zero-order valence-corrected chi connectivity index (χ0v) is 14.7. The minimum absolute atomic E-state index is 0.476. The van der Waals surface area contributed by atoms with Crippen LogP contribution in [0.15, 0.2) is 42.5 Å². The van der Waals surface area contributed by atoms with E-state index in [0.717, 1.165) is 21.7 Å². The lowest BCUT2D eigenvalue weighted by Crippen LogP contribution is -2.18. The number of nitrogens with zero attached hydrogens (tertiary/aromatic N) is 1. The molecule has 0 radical (unpaired) electrons. The van der Waals surface area contributed by atoms with Crippen LogP contribution in [-0.2, 0) is 0 Å². The maximum Gasteiger partial charge on any atom is 0.190 e. The van der Waals surface area contributed by atoms with E-state index in [-0.39, 0.29) is 0 Å². The first-order valence-corrected chi connectivity index (χ1v) is 8.62. The number of thiocarbonyl (C=S) groups is 1. The Morgan fingerprint density at radius 1 is 1.22 bits per heavy atom. The van der Waals surface area contributed by atoms with Crippen LogP contribution < -0.4 is 15.4 Å². The van der Waals surface area contributed by atoms with Crippen molar-refractivity contribution < 1.29 is 4.74 Å². The first kappa shape index (κ1) is 16.0. The summed E-state index contributed by atoms with van der Waals surface area (Å²) in [6.07, 6.45) is 0. The molecular weight excluding hydrogens is 350 g/mol. The van der Waals surface area contributed by atoms with Crippen LogP contribution >= 0.6 is 35.2 Å². The highest BCUT2D eigenvalue weighted by molar-refractivity contribution is 7.80. The number of aromatic nitrogens is 1. The maximum absolute atomic E-state index is 6.13. The topological polar surface area (TPSA) is 46.2 Å². The highest BCUT2D eigenvalue weighted by Crippen LogP contribution is 2.30. The van der Waals surface area contributed by atoms with Gasteiger partial charge in [-0.2, -0.15) is 0 Å². The smallest absolute Gasteiger partial charge is 0.190 e. The summed E-state index contributed by atoms with van der Waals surface area (Å²) in [4.78, 5) is 4.46. The van der Waals surface area contributed by atoms with Gasteiger partial charge in [-0.3, -0.25) is 0 Å². The van der Waals surface area contributed by atoms with E-state index in [0.29, 0.717) is 21.9 Å². The number of halogens is 1. The molecule has 0 atom stereocenters. The Kier molecular flexibility index (Phi) is 4.95. The molecule has 0 bridgehead atoms. The fourth-order valence-electron chi connectivity index (χ4n) is 2.03. The molecular formula is C16H14ClN3OS2. The van der Waals surface area contributed by atoms with Gasteiger partial charge in [0.25, 0.3) is 0 Å². The molecule has 1 heterocycles. The fourth-order valence-corrected chi connectivity index (χ4v) is 3.48. The van der Waals surface area contributed by atoms with Crippen LogP contribution in [0.3, 0.4) is 0 Å². The second-order valence-electron chi connectivity index (χ2n) is 4.64. The molecule has 3 rings (SSSR count). The monoisotopic (exact) mass is 363 g/mol. The predicted octanol–water partition coefficient (Wildman–Crippen LogP) is 5.16. The Hall–Kier alpha value is -1.89. The van der Waals surface area contributed by atoms with Gasteiger partial charge in [0.15, 0.2) is 10.2 Å². The molecule has 0 saturated carbocycles. The average molecular weight is 364 g/mol. The number of rotatable bonds is 4. The van der Waals surface area contributed by atoms with Crippen molar-refractivity contribution in [3.8, 4) is 5.75 Å². The van der Waals surface area contributed by atoms with Gasteiger partial charge in [0, 0.05) is 5.69 Å². The standard InChI is InChI=1S/C16H14ClN3OS2/c1-2-21-11-8-6-10(7-9-11)18-15(22)20-16-19-14-12(17)4-3-5-13(14)23-16/h3-9H,2H2,1H3,(H2,18,19,20,22). The first-order chi connectivity index (χ1) is 11.2. The normalized spacial score (nSPS) is 10.5. The van der Waals surface area contributed by atoms with Gasteiger partial charge in [-0.15, -0.1) is 0 Å². The van der Waals surface area contributed by atoms with E-state index < -0.39 is 0 Å². The summed E-state index contributed by atoms with van der Waals surface area (Å²) in [6.45, 7) is 2.60. The van der Waals surface area contributed by atoms with Gasteiger partial charge in [0.1, 0.15) is 11.3 Å². The maximum atomic E-state index is 6.13. The molecule has 0 aliphatic heterocycles. The predicted molar refractivity (Wildman–Crippen MR) is 102 cm³/mol. The number of ether oxygens (including phenoxy) is 1. The van der Waals surface area contributed by atoms with Gasteiger partial charge in [-0.25, -0.2) is 4.98 Å². The minimum Gasteiger partial charge on any atom is -0.494 e. The quantitative estimate of drug-likeness (QED) is 0.627. The van der Waals surface area contributed by atoms with Gasteiger partial charge in [-0.1, -0.05) is 29.0 Å². The largest absolute Gasteiger partial charge is 0.494 e. The molecule has 1 aromatic heterocycles. The van der Waals surface area contributed by atoms with Crippen LogP contribution in [0.5, 0.6) is 5.75 Å². The third-order valence-corrected chi connectivity index (χ3v) is 4.46. The summed E-state index contributed by atoms with van der Waals surface area (Å²) in [7, 11) is 0. The Balaban J connectivity index is 1.67. The lowest BCUT2D eigenvalue weighted by atomic mass is 10.3. The van der Waals surface area contributed by atoms with Crippen molar-refractivity contribution in [2.45, 2.75) is 6.92 Å². The van der Waals surface area contributed by atoms with Crippen molar-refractivity contribution >= 4 is 61.3 Å². The van der Waals surface area contributed by atoms with Crippen LogP contribution in [0.25, 0.3) is 10.2 Å². The molecule has 0 aliphatic rings. The lowest BCUT2D eigenvalue weighted by molar-refractivity contribution is 0.340. The third kappa shape index (κ3) is 3.90. The molecule has 0 unspecified atom stereocenters. The summed E-state index contributed by atoms with van der Waals surface area (Å²) < 4.78 is 6.43. The third-order valence-electron chi connectivity index (χ3n) is 3.01. The number of hydrogen-bond acceptors (Lipinski definition) is 4. The summed E-state index contributed by atoms with van der Waals surface area (Å²) in [5.74, 6) is 0.831. The van der Waals surface area contributed by atoms with Crippen molar-refractivity contribution in [3.63, 3.8) is 0 Å². The van der Waals surface area contributed by atoms with E-state index in [1.54, 1.807) is 0 Å². The molecule has 0 amide bonds. The number of anilines is 2. The molecule has 2 aromatic carbocycles. The van der Waals surface area contributed by atoms with Crippen molar-refractivity contribution in [2.24, 2.45) is 0 Å². The zero-order valence-electron chi connectivity index (χ0n) is 12.3. The molecule has 4 nitrogen and oxygen atoms in total. The van der Waals surface area contributed by atoms with Crippen LogP contribution in [0, 0.1) is 0 Å². The molecule has 0 spiro atoms. The molecule has 3 aromatic rings. The van der Waals surface area contributed by atoms with Crippen LogP contribution in [0.2, 0.25) is 5.02 Å². The summed E-state index contributed by atoms with van der Waals surface area (Å²) in [6, 6.07) is 13.3. The fraction of sp³-hybridized carbons (Fsp3) is 0.125. The summed E-state index contributed by atoms with van der Waals surface area (Å²) in [5.41, 5.74) is 1.66. The number of thiazole rings is 1. The molecule has 118 valence electrons. The van der Waals surface area contributed by atoms with E-state index in [4.69, 9.17) is 28.6 Å².